The van der Waals surface area contributed by atoms with Gasteiger partial charge in [0.25, 0.3) is 5.91 Å². The molecule has 1 aliphatic rings. The predicted molar refractivity (Wildman–Crippen MR) is 94.1 cm³/mol. The van der Waals surface area contributed by atoms with Crippen molar-refractivity contribution in [2.75, 3.05) is 7.05 Å². The fourth-order valence-electron chi connectivity index (χ4n) is 3.20. The lowest BCUT2D eigenvalue weighted by Gasteiger charge is -2.32. The van der Waals surface area contributed by atoms with Crippen LogP contribution in [0.1, 0.15) is 49.4 Å². The fourth-order valence-corrected chi connectivity index (χ4v) is 3.91. The average Bonchev–Trinajstić information content (AvgIpc) is 3.08. The quantitative estimate of drug-likeness (QED) is 0.793. The van der Waals surface area contributed by atoms with Gasteiger partial charge in [0.05, 0.1) is 21.3 Å². The van der Waals surface area contributed by atoms with Crippen LogP contribution in [0.3, 0.4) is 0 Å². The lowest BCUT2D eigenvalue weighted by Crippen LogP contribution is -2.44. The van der Waals surface area contributed by atoms with Gasteiger partial charge in [-0.3, -0.25) is 4.79 Å². The Morgan fingerprint density at radius 3 is 2.79 bits per heavy atom. The number of esters is 1. The molecule has 0 bridgehead atoms. The van der Waals surface area contributed by atoms with E-state index >= 15 is 0 Å². The summed E-state index contributed by atoms with van der Waals surface area (Å²) < 4.78 is 6.32. The molecule has 1 atom stereocenters. The lowest BCUT2D eigenvalue weighted by atomic mass is 9.94. The molecule has 0 unspecified atom stereocenters. The highest BCUT2D eigenvalue weighted by molar-refractivity contribution is 7.16. The summed E-state index contributed by atoms with van der Waals surface area (Å²) in [6.45, 7) is 1.64. The second-order valence-corrected chi connectivity index (χ2v) is 7.21. The molecule has 1 fully saturated rings. The maximum absolute atomic E-state index is 12.5. The number of likely N-dealkylation sites (N-methyl/N-ethyl adjacent to an activating group) is 1. The number of nitrogens with zero attached hydrogens (tertiary/aromatic N) is 2. The number of benzene rings is 1. The molecule has 6 heteroatoms. The van der Waals surface area contributed by atoms with Gasteiger partial charge in [0, 0.05) is 13.1 Å². The fraction of sp³-hybridized carbons (Fsp3) is 0.500. The normalized spacial score (nSPS) is 16.8. The molecular formula is C18H22N2O3S. The van der Waals surface area contributed by atoms with Gasteiger partial charge >= 0.3 is 5.97 Å². The van der Waals surface area contributed by atoms with Crippen LogP contribution in [0.2, 0.25) is 0 Å². The Kier molecular flexibility index (Phi) is 5.14. The highest BCUT2D eigenvalue weighted by Gasteiger charge is 2.28. The number of rotatable bonds is 4. The van der Waals surface area contributed by atoms with Crippen LogP contribution in [-0.4, -0.2) is 41.0 Å². The van der Waals surface area contributed by atoms with Gasteiger partial charge < -0.3 is 9.64 Å². The molecule has 2 aromatic rings. The Hall–Kier alpha value is -1.95. The highest BCUT2D eigenvalue weighted by Crippen LogP contribution is 2.23. The molecule has 0 N–H and O–H groups in total. The van der Waals surface area contributed by atoms with Crippen LogP contribution >= 0.6 is 11.3 Å². The molecule has 0 saturated heterocycles. The van der Waals surface area contributed by atoms with Gasteiger partial charge in [-0.25, -0.2) is 9.78 Å². The van der Waals surface area contributed by atoms with Crippen LogP contribution in [0.4, 0.5) is 0 Å². The topological polar surface area (TPSA) is 59.5 Å². The highest BCUT2D eigenvalue weighted by atomic mass is 32.1. The van der Waals surface area contributed by atoms with Crippen molar-refractivity contribution in [3.8, 4) is 0 Å². The molecule has 0 aliphatic heterocycles. The number of ether oxygens (including phenoxy) is 1. The van der Waals surface area contributed by atoms with Gasteiger partial charge in [-0.15, -0.1) is 11.3 Å². The van der Waals surface area contributed by atoms with Crippen molar-refractivity contribution >= 4 is 33.4 Å². The zero-order valence-corrected chi connectivity index (χ0v) is 14.8. The zero-order chi connectivity index (χ0) is 17.1. The summed E-state index contributed by atoms with van der Waals surface area (Å²) in [7, 11) is 1.81. The molecule has 1 aliphatic carbocycles. The van der Waals surface area contributed by atoms with E-state index in [0.29, 0.717) is 5.56 Å². The Bertz CT molecular complexity index is 737. The molecule has 1 heterocycles. The molecule has 128 valence electrons. The van der Waals surface area contributed by atoms with Crippen LogP contribution in [0.15, 0.2) is 23.7 Å². The maximum atomic E-state index is 12.5. The third kappa shape index (κ3) is 3.59. The largest absolute Gasteiger partial charge is 0.449 e. The van der Waals surface area contributed by atoms with E-state index < -0.39 is 12.1 Å². The number of amides is 1. The van der Waals surface area contributed by atoms with E-state index in [1.54, 1.807) is 35.5 Å². The Labute approximate surface area is 145 Å². The van der Waals surface area contributed by atoms with E-state index in [4.69, 9.17) is 4.74 Å². The third-order valence-electron chi connectivity index (χ3n) is 4.67. The molecule has 1 saturated carbocycles. The molecule has 0 spiro atoms. The average molecular weight is 346 g/mol. The second-order valence-electron chi connectivity index (χ2n) is 6.32. The first kappa shape index (κ1) is 16.9. The number of hydrogen-bond acceptors (Lipinski definition) is 5. The summed E-state index contributed by atoms with van der Waals surface area (Å²) in [5.41, 5.74) is 3.05. The van der Waals surface area contributed by atoms with Crippen molar-refractivity contribution < 1.29 is 14.3 Å². The van der Waals surface area contributed by atoms with E-state index in [1.807, 2.05) is 7.05 Å². The summed E-state index contributed by atoms with van der Waals surface area (Å²) in [6.07, 6.45) is 4.84. The maximum Gasteiger partial charge on any atom is 0.338 e. The van der Waals surface area contributed by atoms with Crippen molar-refractivity contribution in [2.24, 2.45) is 0 Å². The van der Waals surface area contributed by atoms with Crippen LogP contribution in [0, 0.1) is 0 Å². The number of carbonyl (C=O) groups is 2. The summed E-state index contributed by atoms with van der Waals surface area (Å²) in [6, 6.07) is 5.51. The van der Waals surface area contributed by atoms with Crippen LogP contribution in [0.5, 0.6) is 0 Å². The first-order valence-corrected chi connectivity index (χ1v) is 9.25. The van der Waals surface area contributed by atoms with Crippen molar-refractivity contribution in [3.05, 3.63) is 29.3 Å². The minimum absolute atomic E-state index is 0.130. The van der Waals surface area contributed by atoms with Gasteiger partial charge in [0.15, 0.2) is 6.10 Å². The van der Waals surface area contributed by atoms with Gasteiger partial charge in [-0.2, -0.15) is 0 Å². The van der Waals surface area contributed by atoms with Gasteiger partial charge in [-0.05, 0) is 38.0 Å². The van der Waals surface area contributed by atoms with Crippen LogP contribution < -0.4 is 0 Å². The smallest absolute Gasteiger partial charge is 0.338 e. The van der Waals surface area contributed by atoms with Crippen LogP contribution in [-0.2, 0) is 9.53 Å². The van der Waals surface area contributed by atoms with Crippen molar-refractivity contribution in [2.45, 2.75) is 51.2 Å². The standard InChI is InChI=1S/C18H22N2O3S/c1-12(17(21)20(2)14-6-4-3-5-7-14)23-18(22)13-8-9-15-16(10-13)24-11-19-15/h8-12,14H,3-7H2,1-2H3/t12-/m0/s1. The summed E-state index contributed by atoms with van der Waals surface area (Å²) in [4.78, 5) is 30.8. The number of hydrogen-bond donors (Lipinski definition) is 0. The SMILES string of the molecule is C[C@H](OC(=O)c1ccc2ncsc2c1)C(=O)N(C)C1CCCCC1. The predicted octanol–water partition coefficient (Wildman–Crippen LogP) is 3.63. The molecule has 0 radical (unpaired) electrons. The first-order chi connectivity index (χ1) is 11.6. The number of carbonyl (C=O) groups excluding carboxylic acids is 2. The van der Waals surface area contributed by atoms with Gasteiger partial charge in [0.1, 0.15) is 0 Å². The number of thiazole rings is 1. The number of aromatic nitrogens is 1. The Morgan fingerprint density at radius 1 is 1.29 bits per heavy atom. The van der Waals surface area contributed by atoms with Crippen molar-refractivity contribution in [1.29, 1.82) is 0 Å². The van der Waals surface area contributed by atoms with Crippen molar-refractivity contribution in [1.82, 2.24) is 9.88 Å². The lowest BCUT2D eigenvalue weighted by molar-refractivity contribution is -0.141. The molecular weight excluding hydrogens is 324 g/mol. The third-order valence-corrected chi connectivity index (χ3v) is 5.46. The summed E-state index contributed by atoms with van der Waals surface area (Å²) in [5, 5.41) is 0. The minimum Gasteiger partial charge on any atom is -0.449 e. The molecule has 1 aromatic heterocycles. The second kappa shape index (κ2) is 7.30. The van der Waals surface area contributed by atoms with Crippen molar-refractivity contribution in [3.63, 3.8) is 0 Å². The monoisotopic (exact) mass is 346 g/mol. The molecule has 24 heavy (non-hydrogen) atoms. The minimum atomic E-state index is -0.776. The summed E-state index contributed by atoms with van der Waals surface area (Å²) in [5.74, 6) is -0.600. The van der Waals surface area contributed by atoms with E-state index in [9.17, 15) is 9.59 Å². The number of fused-ring (bicyclic) bond motifs is 1. The molecule has 3 rings (SSSR count). The first-order valence-electron chi connectivity index (χ1n) is 8.37. The van der Waals surface area contributed by atoms with Crippen LogP contribution in [0.25, 0.3) is 10.2 Å². The van der Waals surface area contributed by atoms with Gasteiger partial charge in [-0.1, -0.05) is 19.3 Å². The van der Waals surface area contributed by atoms with E-state index in [2.05, 4.69) is 4.98 Å². The molecule has 1 aromatic carbocycles. The molecule has 1 amide bonds. The van der Waals surface area contributed by atoms with E-state index in [0.717, 1.165) is 35.9 Å². The Morgan fingerprint density at radius 2 is 2.04 bits per heavy atom. The molecule has 5 nitrogen and oxygen atoms in total. The Balaban J connectivity index is 1.63. The van der Waals surface area contributed by atoms with E-state index in [-0.39, 0.29) is 11.9 Å². The van der Waals surface area contributed by atoms with E-state index in [1.165, 1.54) is 17.8 Å². The summed E-state index contributed by atoms with van der Waals surface area (Å²) >= 11 is 1.47. The zero-order valence-electron chi connectivity index (χ0n) is 14.0. The van der Waals surface area contributed by atoms with Gasteiger partial charge in [0.2, 0.25) is 0 Å².